The highest BCUT2D eigenvalue weighted by Crippen LogP contribution is 2.38. The minimum absolute atomic E-state index is 0.0419. The summed E-state index contributed by atoms with van der Waals surface area (Å²) in [6.07, 6.45) is 5.60. The van der Waals surface area contributed by atoms with Crippen molar-refractivity contribution < 1.29 is 19.0 Å². The van der Waals surface area contributed by atoms with Gasteiger partial charge < -0.3 is 19.5 Å². The summed E-state index contributed by atoms with van der Waals surface area (Å²) >= 11 is 0. The van der Waals surface area contributed by atoms with E-state index in [1.165, 1.54) is 0 Å². The molecule has 0 spiro atoms. The van der Waals surface area contributed by atoms with Gasteiger partial charge in [0.25, 0.3) is 0 Å². The summed E-state index contributed by atoms with van der Waals surface area (Å²) in [5.41, 5.74) is 3.73. The van der Waals surface area contributed by atoms with Crippen molar-refractivity contribution in [3.05, 3.63) is 78.1 Å². The molecule has 0 unspecified atom stereocenters. The molecule has 2 aromatic carbocycles. The number of nitrogens with zero attached hydrogens (tertiary/aromatic N) is 1. The number of rotatable bonds is 8. The van der Waals surface area contributed by atoms with Crippen molar-refractivity contribution in [2.75, 3.05) is 27.4 Å². The Morgan fingerprint density at radius 2 is 1.70 bits per heavy atom. The Bertz CT molecular complexity index is 1080. The van der Waals surface area contributed by atoms with E-state index in [1.54, 1.807) is 26.6 Å². The summed E-state index contributed by atoms with van der Waals surface area (Å²) in [5.74, 6) is 1.33. The van der Waals surface area contributed by atoms with Gasteiger partial charge in [0, 0.05) is 37.7 Å². The standard InChI is InChI=1S/C27H30N2O4/c1-31-24-9-5-7-22(25(24)32-2)19-29-26(30)27(12-16-33-17-13-27)18-21-6-3-4-8-23(21)20-10-14-28-15-11-20/h3-11,14-15H,12-13,16-19H2,1-2H3,(H,29,30). The minimum Gasteiger partial charge on any atom is -0.493 e. The summed E-state index contributed by atoms with van der Waals surface area (Å²) in [6, 6.07) is 18.0. The van der Waals surface area contributed by atoms with Gasteiger partial charge in [-0.3, -0.25) is 9.78 Å². The lowest BCUT2D eigenvalue weighted by Crippen LogP contribution is -2.46. The highest BCUT2D eigenvalue weighted by molar-refractivity contribution is 5.83. The summed E-state index contributed by atoms with van der Waals surface area (Å²) in [4.78, 5) is 17.8. The van der Waals surface area contributed by atoms with E-state index in [-0.39, 0.29) is 5.91 Å². The molecule has 1 N–H and O–H groups in total. The molecule has 1 fully saturated rings. The van der Waals surface area contributed by atoms with Crippen molar-refractivity contribution in [3.8, 4) is 22.6 Å². The SMILES string of the molecule is COc1cccc(CNC(=O)C2(Cc3ccccc3-c3ccncc3)CCOCC2)c1OC. The molecule has 3 aromatic rings. The first-order valence-electron chi connectivity index (χ1n) is 11.2. The second-order valence-corrected chi connectivity index (χ2v) is 8.30. The van der Waals surface area contributed by atoms with Gasteiger partial charge in [0.1, 0.15) is 0 Å². The molecule has 0 radical (unpaired) electrons. The Hall–Kier alpha value is -3.38. The van der Waals surface area contributed by atoms with Gasteiger partial charge in [0.2, 0.25) is 5.91 Å². The third-order valence-corrected chi connectivity index (χ3v) is 6.39. The molecule has 1 amide bonds. The van der Waals surface area contributed by atoms with Crippen LogP contribution in [0.2, 0.25) is 0 Å². The van der Waals surface area contributed by atoms with E-state index in [4.69, 9.17) is 14.2 Å². The maximum absolute atomic E-state index is 13.7. The van der Waals surface area contributed by atoms with E-state index in [2.05, 4.69) is 22.4 Å². The molecule has 0 bridgehead atoms. The molecule has 6 heteroatoms. The normalized spacial score (nSPS) is 15.0. The van der Waals surface area contributed by atoms with Gasteiger partial charge in [-0.2, -0.15) is 0 Å². The van der Waals surface area contributed by atoms with Gasteiger partial charge in [-0.25, -0.2) is 0 Å². The molecule has 1 aliphatic heterocycles. The van der Waals surface area contributed by atoms with Crippen molar-refractivity contribution in [3.63, 3.8) is 0 Å². The largest absolute Gasteiger partial charge is 0.493 e. The number of amides is 1. The first-order valence-corrected chi connectivity index (χ1v) is 11.2. The number of ether oxygens (including phenoxy) is 3. The van der Waals surface area contributed by atoms with Crippen molar-refractivity contribution in [1.82, 2.24) is 10.3 Å². The average molecular weight is 447 g/mol. The van der Waals surface area contributed by atoms with Gasteiger partial charge in [0.05, 0.1) is 19.6 Å². The quantitative estimate of drug-likeness (QED) is 0.555. The van der Waals surface area contributed by atoms with Crippen LogP contribution in [0.3, 0.4) is 0 Å². The molecule has 0 saturated carbocycles. The number of benzene rings is 2. The molecule has 6 nitrogen and oxygen atoms in total. The topological polar surface area (TPSA) is 69.7 Å². The Kier molecular flexibility index (Phi) is 7.25. The zero-order valence-corrected chi connectivity index (χ0v) is 19.2. The van der Waals surface area contributed by atoms with Crippen LogP contribution in [-0.2, 0) is 22.5 Å². The molecule has 172 valence electrons. The molecule has 0 atom stereocenters. The summed E-state index contributed by atoms with van der Waals surface area (Å²) in [7, 11) is 3.22. The Balaban J connectivity index is 1.59. The highest BCUT2D eigenvalue weighted by Gasteiger charge is 2.40. The fourth-order valence-electron chi connectivity index (χ4n) is 4.55. The third-order valence-electron chi connectivity index (χ3n) is 6.39. The fraction of sp³-hybridized carbons (Fsp3) is 0.333. The summed E-state index contributed by atoms with van der Waals surface area (Å²) < 4.78 is 16.6. The number of carbonyl (C=O) groups is 1. The zero-order chi connectivity index (χ0) is 23.1. The minimum atomic E-state index is -0.534. The van der Waals surface area contributed by atoms with Gasteiger partial charge in [-0.1, -0.05) is 36.4 Å². The zero-order valence-electron chi connectivity index (χ0n) is 19.2. The van der Waals surface area contributed by atoms with Crippen LogP contribution >= 0.6 is 0 Å². The molecular formula is C27H30N2O4. The van der Waals surface area contributed by atoms with Crippen LogP contribution in [0.4, 0.5) is 0 Å². The molecule has 2 heterocycles. The maximum Gasteiger partial charge on any atom is 0.226 e. The predicted molar refractivity (Wildman–Crippen MR) is 127 cm³/mol. The number of pyridine rings is 1. The summed E-state index contributed by atoms with van der Waals surface area (Å²) in [5, 5.41) is 3.17. The highest BCUT2D eigenvalue weighted by atomic mass is 16.5. The first-order chi connectivity index (χ1) is 16.2. The molecular weight excluding hydrogens is 416 g/mol. The molecule has 33 heavy (non-hydrogen) atoms. The number of para-hydroxylation sites is 1. The Morgan fingerprint density at radius 1 is 0.970 bits per heavy atom. The molecule has 1 aromatic heterocycles. The number of aromatic nitrogens is 1. The third kappa shape index (κ3) is 5.01. The van der Waals surface area contributed by atoms with Gasteiger partial charge in [-0.15, -0.1) is 0 Å². The number of methoxy groups -OCH3 is 2. The van der Waals surface area contributed by atoms with Gasteiger partial charge in [0.15, 0.2) is 11.5 Å². The van der Waals surface area contributed by atoms with Crippen LogP contribution in [0.15, 0.2) is 67.0 Å². The van der Waals surface area contributed by atoms with Crippen molar-refractivity contribution >= 4 is 5.91 Å². The van der Waals surface area contributed by atoms with Crippen LogP contribution in [0.5, 0.6) is 11.5 Å². The van der Waals surface area contributed by atoms with Crippen LogP contribution in [0, 0.1) is 5.41 Å². The number of nitrogens with one attached hydrogen (secondary N) is 1. The molecule has 4 rings (SSSR count). The summed E-state index contributed by atoms with van der Waals surface area (Å²) in [6.45, 7) is 1.52. The van der Waals surface area contributed by atoms with Crippen molar-refractivity contribution in [2.45, 2.75) is 25.8 Å². The van der Waals surface area contributed by atoms with Gasteiger partial charge in [-0.05, 0) is 54.2 Å². The lowest BCUT2D eigenvalue weighted by atomic mass is 9.73. The van der Waals surface area contributed by atoms with Crippen LogP contribution in [0.1, 0.15) is 24.0 Å². The predicted octanol–water partition coefficient (Wildman–Crippen LogP) is 4.42. The van der Waals surface area contributed by atoms with E-state index >= 15 is 0 Å². The van der Waals surface area contributed by atoms with Crippen LogP contribution < -0.4 is 14.8 Å². The van der Waals surface area contributed by atoms with E-state index < -0.39 is 5.41 Å². The molecule has 1 saturated heterocycles. The lowest BCUT2D eigenvalue weighted by Gasteiger charge is -2.36. The molecule has 0 aliphatic carbocycles. The second kappa shape index (κ2) is 10.5. The monoisotopic (exact) mass is 446 g/mol. The van der Waals surface area contributed by atoms with E-state index in [9.17, 15) is 4.79 Å². The van der Waals surface area contributed by atoms with Crippen LogP contribution in [-0.4, -0.2) is 38.3 Å². The van der Waals surface area contributed by atoms with Crippen LogP contribution in [0.25, 0.3) is 11.1 Å². The number of hydrogen-bond acceptors (Lipinski definition) is 5. The van der Waals surface area contributed by atoms with Gasteiger partial charge >= 0.3 is 0 Å². The van der Waals surface area contributed by atoms with E-state index in [0.29, 0.717) is 50.5 Å². The first kappa shape index (κ1) is 22.8. The smallest absolute Gasteiger partial charge is 0.226 e. The average Bonchev–Trinajstić information content (AvgIpc) is 2.88. The number of carbonyl (C=O) groups excluding carboxylic acids is 1. The van der Waals surface area contributed by atoms with Crippen molar-refractivity contribution in [2.24, 2.45) is 5.41 Å². The lowest BCUT2D eigenvalue weighted by molar-refractivity contribution is -0.136. The maximum atomic E-state index is 13.7. The van der Waals surface area contributed by atoms with E-state index in [0.717, 1.165) is 22.3 Å². The second-order valence-electron chi connectivity index (χ2n) is 8.30. The fourth-order valence-corrected chi connectivity index (χ4v) is 4.55. The molecule has 1 aliphatic rings. The van der Waals surface area contributed by atoms with E-state index in [1.807, 2.05) is 42.5 Å². The number of hydrogen-bond donors (Lipinski definition) is 1. The van der Waals surface area contributed by atoms with Crippen molar-refractivity contribution in [1.29, 1.82) is 0 Å². The Labute approximate surface area is 194 Å². The Morgan fingerprint density at radius 3 is 2.42 bits per heavy atom.